The number of anilines is 3. The minimum atomic E-state index is -0.0472. The highest BCUT2D eigenvalue weighted by Gasteiger charge is 2.35. The molecule has 0 N–H and O–H groups in total. The van der Waals surface area contributed by atoms with Gasteiger partial charge >= 0.3 is 0 Å². The molecule has 0 unspecified atom stereocenters. The molecule has 0 saturated heterocycles. The second-order valence-electron chi connectivity index (χ2n) is 12.7. The van der Waals surface area contributed by atoms with Crippen molar-refractivity contribution in [3.8, 4) is 27.9 Å². The van der Waals surface area contributed by atoms with Crippen LogP contribution in [0.15, 0.2) is 156 Å². The van der Waals surface area contributed by atoms with Crippen molar-refractivity contribution in [2.24, 2.45) is 0 Å². The SMILES string of the molecule is CC1(C)c2ccccc2-c2ccc(N(c3ccc(-c4ccc5c(c4)c4ccccc4n5-c4ccccc4)cc3)c3ccsc3)cc21. The van der Waals surface area contributed by atoms with Crippen molar-refractivity contribution >= 4 is 50.2 Å². The van der Waals surface area contributed by atoms with E-state index < -0.39 is 0 Å². The molecule has 9 rings (SSSR count). The molecule has 0 saturated carbocycles. The number of benzene rings is 6. The van der Waals surface area contributed by atoms with Gasteiger partial charge in [0.2, 0.25) is 0 Å². The average Bonchev–Trinajstić information content (AvgIpc) is 3.80. The first-order valence-corrected chi connectivity index (χ1v) is 16.8. The Morgan fingerprint density at radius 1 is 0.522 bits per heavy atom. The van der Waals surface area contributed by atoms with E-state index in [1.54, 1.807) is 11.3 Å². The van der Waals surface area contributed by atoms with Crippen molar-refractivity contribution < 1.29 is 0 Å². The van der Waals surface area contributed by atoms with Crippen LogP contribution < -0.4 is 4.90 Å². The number of para-hydroxylation sites is 2. The van der Waals surface area contributed by atoms with Crippen molar-refractivity contribution in [1.29, 1.82) is 0 Å². The average molecular weight is 609 g/mol. The summed E-state index contributed by atoms with van der Waals surface area (Å²) in [6.07, 6.45) is 0. The molecule has 2 nitrogen and oxygen atoms in total. The van der Waals surface area contributed by atoms with Gasteiger partial charge in [-0.15, -0.1) is 0 Å². The second-order valence-corrected chi connectivity index (χ2v) is 13.5. The van der Waals surface area contributed by atoms with Crippen LogP contribution in [0.3, 0.4) is 0 Å². The standard InChI is InChI=1S/C43H32N2S/c1-43(2)39-14-8-6-12-35(39)36-22-21-33(27-40(36)43)44(34-24-25-46-28-34)32-19-16-29(17-20-32)30-18-23-42-38(26-30)37-13-7-9-15-41(37)45(42)31-10-4-3-5-11-31/h3-28H,1-2H3. The molecule has 0 bridgehead atoms. The maximum absolute atomic E-state index is 2.40. The third-order valence-corrected chi connectivity index (χ3v) is 10.4. The van der Waals surface area contributed by atoms with Crippen molar-refractivity contribution in [2.45, 2.75) is 19.3 Å². The molecule has 2 aromatic heterocycles. The summed E-state index contributed by atoms with van der Waals surface area (Å²) in [6, 6.07) is 53.3. The van der Waals surface area contributed by atoms with Gasteiger partial charge in [0.1, 0.15) is 0 Å². The topological polar surface area (TPSA) is 8.17 Å². The number of rotatable bonds is 5. The van der Waals surface area contributed by atoms with Gasteiger partial charge in [0.05, 0.1) is 16.7 Å². The number of hydrogen-bond acceptors (Lipinski definition) is 2. The van der Waals surface area contributed by atoms with E-state index in [2.05, 4.69) is 180 Å². The Balaban J connectivity index is 1.12. The van der Waals surface area contributed by atoms with E-state index in [0.717, 1.165) is 5.69 Å². The fourth-order valence-corrected chi connectivity index (χ4v) is 8.09. The van der Waals surface area contributed by atoms with Gasteiger partial charge in [-0.05, 0) is 99.4 Å². The number of thiophene rings is 1. The van der Waals surface area contributed by atoms with Crippen molar-refractivity contribution in [1.82, 2.24) is 4.57 Å². The third kappa shape index (κ3) is 4.09. The number of hydrogen-bond donors (Lipinski definition) is 0. The molecule has 3 heteroatoms. The summed E-state index contributed by atoms with van der Waals surface area (Å²) in [6.45, 7) is 4.69. The largest absolute Gasteiger partial charge is 0.310 e. The molecule has 6 aromatic carbocycles. The Morgan fingerprint density at radius 3 is 2.04 bits per heavy atom. The molecule has 0 amide bonds. The molecule has 0 fully saturated rings. The quantitative estimate of drug-likeness (QED) is 0.189. The van der Waals surface area contributed by atoms with Gasteiger partial charge < -0.3 is 9.47 Å². The molecule has 2 heterocycles. The lowest BCUT2D eigenvalue weighted by Gasteiger charge is -2.27. The van der Waals surface area contributed by atoms with Crippen LogP contribution in [-0.2, 0) is 5.41 Å². The lowest BCUT2D eigenvalue weighted by molar-refractivity contribution is 0.660. The lowest BCUT2D eigenvalue weighted by atomic mass is 9.82. The molecule has 8 aromatic rings. The molecule has 0 aliphatic heterocycles. The van der Waals surface area contributed by atoms with Gasteiger partial charge in [-0.2, -0.15) is 11.3 Å². The summed E-state index contributed by atoms with van der Waals surface area (Å²) in [4.78, 5) is 2.39. The Labute approximate surface area is 273 Å². The van der Waals surface area contributed by atoms with E-state index in [-0.39, 0.29) is 5.41 Å². The monoisotopic (exact) mass is 608 g/mol. The van der Waals surface area contributed by atoms with Crippen LogP contribution in [-0.4, -0.2) is 4.57 Å². The fraction of sp³-hybridized carbons (Fsp3) is 0.0698. The zero-order valence-corrected chi connectivity index (χ0v) is 26.6. The first kappa shape index (κ1) is 27.0. The third-order valence-electron chi connectivity index (χ3n) is 9.74. The first-order valence-electron chi connectivity index (χ1n) is 15.8. The zero-order chi connectivity index (χ0) is 30.8. The predicted molar refractivity (Wildman–Crippen MR) is 196 cm³/mol. The van der Waals surface area contributed by atoms with Crippen LogP contribution in [0.2, 0.25) is 0 Å². The maximum atomic E-state index is 2.40. The number of aromatic nitrogens is 1. The summed E-state index contributed by atoms with van der Waals surface area (Å²) in [5, 5.41) is 6.93. The molecular weight excluding hydrogens is 577 g/mol. The Bertz CT molecular complexity index is 2380. The second kappa shape index (κ2) is 10.3. The van der Waals surface area contributed by atoms with Gasteiger partial charge in [0.25, 0.3) is 0 Å². The molecule has 1 aliphatic rings. The Hall–Kier alpha value is -5.38. The van der Waals surface area contributed by atoms with Gasteiger partial charge in [-0.25, -0.2) is 0 Å². The molecule has 46 heavy (non-hydrogen) atoms. The zero-order valence-electron chi connectivity index (χ0n) is 25.8. The summed E-state index contributed by atoms with van der Waals surface area (Å²) in [7, 11) is 0. The molecule has 1 aliphatic carbocycles. The fourth-order valence-electron chi connectivity index (χ4n) is 7.47. The van der Waals surface area contributed by atoms with Gasteiger partial charge in [-0.3, -0.25) is 0 Å². The lowest BCUT2D eigenvalue weighted by Crippen LogP contribution is -2.16. The van der Waals surface area contributed by atoms with E-state index >= 15 is 0 Å². The molecule has 0 atom stereocenters. The Kier molecular flexibility index (Phi) is 6.06. The van der Waals surface area contributed by atoms with Crippen molar-refractivity contribution in [2.75, 3.05) is 4.90 Å². The maximum Gasteiger partial charge on any atom is 0.0568 e. The van der Waals surface area contributed by atoms with E-state index in [9.17, 15) is 0 Å². The van der Waals surface area contributed by atoms with Crippen molar-refractivity contribution in [3.63, 3.8) is 0 Å². The van der Waals surface area contributed by atoms with Gasteiger partial charge in [-0.1, -0.05) is 98.8 Å². The highest BCUT2D eigenvalue weighted by Crippen LogP contribution is 2.50. The molecular formula is C43H32N2S. The summed E-state index contributed by atoms with van der Waals surface area (Å²) >= 11 is 1.73. The van der Waals surface area contributed by atoms with Crippen LogP contribution in [0.1, 0.15) is 25.0 Å². The normalized spacial score (nSPS) is 13.2. The van der Waals surface area contributed by atoms with Gasteiger partial charge in [0.15, 0.2) is 0 Å². The molecule has 0 radical (unpaired) electrons. The van der Waals surface area contributed by atoms with E-state index in [1.807, 2.05) is 0 Å². The van der Waals surface area contributed by atoms with Crippen LogP contribution in [0.25, 0.3) is 49.7 Å². The highest BCUT2D eigenvalue weighted by molar-refractivity contribution is 7.08. The minimum Gasteiger partial charge on any atom is -0.310 e. The number of fused-ring (bicyclic) bond motifs is 6. The molecule has 0 spiro atoms. The van der Waals surface area contributed by atoms with E-state index in [4.69, 9.17) is 0 Å². The molecule has 220 valence electrons. The van der Waals surface area contributed by atoms with Crippen LogP contribution in [0.4, 0.5) is 17.1 Å². The highest BCUT2D eigenvalue weighted by atomic mass is 32.1. The van der Waals surface area contributed by atoms with Crippen LogP contribution in [0, 0.1) is 0 Å². The minimum absolute atomic E-state index is 0.0472. The summed E-state index contributed by atoms with van der Waals surface area (Å²) < 4.78 is 2.37. The summed E-state index contributed by atoms with van der Waals surface area (Å²) in [5.41, 5.74) is 15.0. The Morgan fingerprint density at radius 2 is 1.22 bits per heavy atom. The van der Waals surface area contributed by atoms with Gasteiger partial charge in [0, 0.05) is 38.6 Å². The summed E-state index contributed by atoms with van der Waals surface area (Å²) in [5.74, 6) is 0. The smallest absolute Gasteiger partial charge is 0.0568 e. The van der Waals surface area contributed by atoms with E-state index in [0.29, 0.717) is 0 Å². The predicted octanol–water partition coefficient (Wildman–Crippen LogP) is 12.3. The first-order chi connectivity index (χ1) is 22.6. The van der Waals surface area contributed by atoms with Crippen LogP contribution >= 0.6 is 11.3 Å². The van der Waals surface area contributed by atoms with E-state index in [1.165, 1.54) is 72.2 Å². The van der Waals surface area contributed by atoms with Crippen molar-refractivity contribution in [3.05, 3.63) is 167 Å². The van der Waals surface area contributed by atoms with Crippen LogP contribution in [0.5, 0.6) is 0 Å². The number of nitrogens with zero attached hydrogens (tertiary/aromatic N) is 2.